The predicted molar refractivity (Wildman–Crippen MR) is 105 cm³/mol. The van der Waals surface area contributed by atoms with Crippen LogP contribution in [0.1, 0.15) is 27.4 Å². The number of fused-ring (bicyclic) bond motifs is 2. The average molecular weight is 417 g/mol. The molecule has 1 aromatic carbocycles. The summed E-state index contributed by atoms with van der Waals surface area (Å²) in [6.45, 7) is 0.117. The van der Waals surface area contributed by atoms with E-state index < -0.39 is 17.5 Å². The minimum Gasteiger partial charge on any atom is -0.497 e. The molecule has 0 saturated carbocycles. The fraction of sp³-hybridized carbons (Fsp3) is 0.190. The number of methoxy groups -OCH3 is 1. The van der Waals surface area contributed by atoms with Crippen molar-refractivity contribution in [3.63, 3.8) is 0 Å². The van der Waals surface area contributed by atoms with Crippen molar-refractivity contribution in [3.8, 4) is 11.8 Å². The van der Waals surface area contributed by atoms with Crippen molar-refractivity contribution in [2.45, 2.75) is 12.1 Å². The number of hydrogen-bond acceptors (Lipinski definition) is 7. The normalized spacial score (nSPS) is 19.9. The van der Waals surface area contributed by atoms with Crippen molar-refractivity contribution >= 4 is 28.9 Å². The number of nitrogens with zero attached hydrogens (tertiary/aromatic N) is 3. The number of amides is 4. The minimum atomic E-state index is -1.63. The van der Waals surface area contributed by atoms with Gasteiger partial charge in [0.05, 0.1) is 13.7 Å². The van der Waals surface area contributed by atoms with E-state index in [1.165, 1.54) is 24.1 Å². The highest BCUT2D eigenvalue weighted by Crippen LogP contribution is 2.34. The second-order valence-electron chi connectivity index (χ2n) is 7.30. The molecule has 10 nitrogen and oxygen atoms in total. The van der Waals surface area contributed by atoms with Crippen molar-refractivity contribution < 1.29 is 23.5 Å². The molecule has 1 unspecified atom stereocenters. The van der Waals surface area contributed by atoms with Gasteiger partial charge in [-0.15, -0.1) is 0 Å². The molecule has 31 heavy (non-hydrogen) atoms. The number of rotatable bonds is 4. The lowest BCUT2D eigenvalue weighted by Crippen LogP contribution is -2.52. The van der Waals surface area contributed by atoms with Crippen LogP contribution in [0.2, 0.25) is 0 Å². The van der Waals surface area contributed by atoms with Crippen LogP contribution in [0.25, 0.3) is 11.1 Å². The Balaban J connectivity index is 1.55. The Morgan fingerprint density at radius 2 is 2.10 bits per heavy atom. The highest BCUT2D eigenvalue weighted by molar-refractivity contribution is 6.08. The summed E-state index contributed by atoms with van der Waals surface area (Å²) in [5, 5.41) is 13.9. The maximum absolute atomic E-state index is 13.0. The first-order chi connectivity index (χ1) is 14.9. The van der Waals surface area contributed by atoms with Crippen LogP contribution in [0.5, 0.6) is 5.75 Å². The molecule has 2 N–H and O–H groups in total. The number of hydrogen-bond donors (Lipinski definition) is 2. The summed E-state index contributed by atoms with van der Waals surface area (Å²) in [5.74, 6) is -0.261. The number of carbonyl (C=O) groups excluding carboxylic acids is 3. The number of pyridine rings is 1. The number of benzene rings is 1. The predicted octanol–water partition coefficient (Wildman–Crippen LogP) is 1.40. The largest absolute Gasteiger partial charge is 0.497 e. The third-order valence-electron chi connectivity index (χ3n) is 5.47. The van der Waals surface area contributed by atoms with E-state index in [9.17, 15) is 14.4 Å². The van der Waals surface area contributed by atoms with Gasteiger partial charge in [-0.2, -0.15) is 5.26 Å². The molecule has 2 aliphatic heterocycles. The second-order valence-corrected chi connectivity index (χ2v) is 7.30. The highest BCUT2D eigenvalue weighted by Gasteiger charge is 2.53. The molecule has 0 spiro atoms. The zero-order chi connectivity index (χ0) is 21.8. The summed E-state index contributed by atoms with van der Waals surface area (Å²) in [6, 6.07) is 11.0. The summed E-state index contributed by atoms with van der Waals surface area (Å²) in [6.07, 6.45) is 0. The first-order valence-corrected chi connectivity index (χ1v) is 9.34. The molecule has 4 amide bonds. The number of nitriles is 1. The zero-order valence-corrected chi connectivity index (χ0v) is 16.3. The molecule has 1 atom stereocenters. The van der Waals surface area contributed by atoms with Crippen LogP contribution in [0.3, 0.4) is 0 Å². The van der Waals surface area contributed by atoms with Gasteiger partial charge >= 0.3 is 6.03 Å². The van der Waals surface area contributed by atoms with Gasteiger partial charge < -0.3 is 19.4 Å². The van der Waals surface area contributed by atoms with Gasteiger partial charge in [0.15, 0.2) is 11.1 Å². The van der Waals surface area contributed by atoms with Gasteiger partial charge in [-0.25, -0.2) is 9.78 Å². The first-order valence-electron chi connectivity index (χ1n) is 9.34. The van der Waals surface area contributed by atoms with Crippen LogP contribution in [-0.2, 0) is 16.9 Å². The summed E-state index contributed by atoms with van der Waals surface area (Å²) in [5.41, 5.74) is 0.533. The zero-order valence-electron chi connectivity index (χ0n) is 16.3. The maximum atomic E-state index is 13.0. The van der Waals surface area contributed by atoms with Gasteiger partial charge in [0, 0.05) is 18.2 Å². The molecule has 3 aromatic rings. The molecule has 0 aliphatic carbocycles. The van der Waals surface area contributed by atoms with Gasteiger partial charge in [0.2, 0.25) is 0 Å². The quantitative estimate of drug-likeness (QED) is 0.612. The van der Waals surface area contributed by atoms with E-state index in [0.717, 1.165) is 5.56 Å². The molecular formula is C21H15N5O5. The number of furan rings is 1. The van der Waals surface area contributed by atoms with Gasteiger partial charge in [-0.3, -0.25) is 14.9 Å². The SMILES string of the molecule is COc1ccc2c(c1)C(=O)N(CC1(c3cc4nc(C#N)ccc4o3)NC(=O)NC1=O)C2. The van der Waals surface area contributed by atoms with Gasteiger partial charge in [-0.05, 0) is 29.8 Å². The van der Waals surface area contributed by atoms with E-state index in [4.69, 9.17) is 14.4 Å². The molecule has 0 radical (unpaired) electrons. The lowest BCUT2D eigenvalue weighted by Gasteiger charge is -2.28. The Morgan fingerprint density at radius 3 is 2.81 bits per heavy atom. The molecule has 1 fully saturated rings. The summed E-state index contributed by atoms with van der Waals surface area (Å²) in [7, 11) is 1.51. The lowest BCUT2D eigenvalue weighted by atomic mass is 9.95. The fourth-order valence-electron chi connectivity index (χ4n) is 3.93. The standard InChI is InChI=1S/C21H15N5O5/c1-30-13-4-2-11-9-26(18(27)14(11)6-13)10-21(19(28)24-20(29)25-21)17-7-15-16(31-17)5-3-12(8-22)23-15/h2-7H,9-10H2,1H3,(H2,24,25,28,29). The average Bonchev–Trinajstić information content (AvgIpc) is 3.41. The van der Waals surface area contributed by atoms with Crippen molar-refractivity contribution in [2.75, 3.05) is 13.7 Å². The number of urea groups is 1. The Labute approximate surface area is 175 Å². The minimum absolute atomic E-state index is 0.120. The van der Waals surface area contributed by atoms with E-state index in [1.807, 2.05) is 6.07 Å². The fourth-order valence-corrected chi connectivity index (χ4v) is 3.93. The van der Waals surface area contributed by atoms with Gasteiger partial charge in [-0.1, -0.05) is 6.07 Å². The van der Waals surface area contributed by atoms with E-state index in [0.29, 0.717) is 22.4 Å². The second kappa shape index (κ2) is 6.56. The van der Waals surface area contributed by atoms with Crippen LogP contribution in [-0.4, -0.2) is 41.4 Å². The van der Waals surface area contributed by atoms with Crippen molar-refractivity contribution in [2.24, 2.45) is 0 Å². The van der Waals surface area contributed by atoms with Crippen LogP contribution >= 0.6 is 0 Å². The molecule has 154 valence electrons. The third kappa shape index (κ3) is 2.78. The monoisotopic (exact) mass is 417 g/mol. The van der Waals surface area contributed by atoms with Crippen molar-refractivity contribution in [1.82, 2.24) is 20.5 Å². The molecule has 4 heterocycles. The number of imide groups is 1. The van der Waals surface area contributed by atoms with Gasteiger partial charge in [0.25, 0.3) is 11.8 Å². The topological polar surface area (TPSA) is 138 Å². The van der Waals surface area contributed by atoms with Crippen molar-refractivity contribution in [1.29, 1.82) is 5.26 Å². The summed E-state index contributed by atoms with van der Waals surface area (Å²) < 4.78 is 11.0. The van der Waals surface area contributed by atoms with Crippen molar-refractivity contribution in [3.05, 3.63) is 59.0 Å². The number of nitrogens with one attached hydrogen (secondary N) is 2. The van der Waals surface area contributed by atoms with E-state index in [1.54, 1.807) is 24.3 Å². The molecule has 1 saturated heterocycles. The highest BCUT2D eigenvalue weighted by atomic mass is 16.5. The smallest absolute Gasteiger partial charge is 0.322 e. The Kier molecular flexibility index (Phi) is 3.94. The van der Waals surface area contributed by atoms with E-state index >= 15 is 0 Å². The van der Waals surface area contributed by atoms with Crippen LogP contribution < -0.4 is 15.4 Å². The van der Waals surface area contributed by atoms with Crippen LogP contribution in [0.4, 0.5) is 4.79 Å². The third-order valence-corrected chi connectivity index (χ3v) is 5.47. The van der Waals surface area contributed by atoms with Crippen LogP contribution in [0.15, 0.2) is 40.8 Å². The van der Waals surface area contributed by atoms with E-state index in [-0.39, 0.29) is 30.5 Å². The summed E-state index contributed by atoms with van der Waals surface area (Å²) >= 11 is 0. The molecule has 2 aromatic heterocycles. The lowest BCUT2D eigenvalue weighted by molar-refractivity contribution is -0.125. The molecule has 10 heteroatoms. The Morgan fingerprint density at radius 1 is 1.26 bits per heavy atom. The Bertz CT molecular complexity index is 1320. The first kappa shape index (κ1) is 18.6. The number of ether oxygens (including phenoxy) is 1. The van der Waals surface area contributed by atoms with Gasteiger partial charge in [0.1, 0.15) is 28.8 Å². The maximum Gasteiger partial charge on any atom is 0.322 e. The number of carbonyl (C=O) groups is 3. The molecule has 0 bridgehead atoms. The molecular weight excluding hydrogens is 402 g/mol. The Hall–Kier alpha value is -4.39. The number of aromatic nitrogens is 1. The molecule has 5 rings (SSSR count). The molecule has 2 aliphatic rings. The van der Waals surface area contributed by atoms with Crippen LogP contribution in [0, 0.1) is 11.3 Å². The van der Waals surface area contributed by atoms with E-state index in [2.05, 4.69) is 15.6 Å². The summed E-state index contributed by atoms with van der Waals surface area (Å²) in [4.78, 5) is 43.6.